The smallest absolute Gasteiger partial charge is 0.323 e. The summed E-state index contributed by atoms with van der Waals surface area (Å²) in [5, 5.41) is 26.3. The number of phenols is 2. The van der Waals surface area contributed by atoms with Crippen molar-refractivity contribution in [2.24, 2.45) is 0 Å². The minimum absolute atomic E-state index is 0.147. The average molecular weight is 815 g/mol. The van der Waals surface area contributed by atoms with Gasteiger partial charge in [0.2, 0.25) is 0 Å². The fourth-order valence-corrected chi connectivity index (χ4v) is 8.96. The van der Waals surface area contributed by atoms with Gasteiger partial charge >= 0.3 is 6.03 Å². The highest BCUT2D eigenvalue weighted by Crippen LogP contribution is 2.39. The van der Waals surface area contributed by atoms with Crippen LogP contribution in [0.3, 0.4) is 0 Å². The van der Waals surface area contributed by atoms with Gasteiger partial charge in [0.25, 0.3) is 40.3 Å². The number of benzene rings is 6. The van der Waals surface area contributed by atoms with Gasteiger partial charge in [-0.3, -0.25) is 18.5 Å². The molecule has 21 heteroatoms. The first-order valence-corrected chi connectivity index (χ1v) is 20.9. The Kier molecular flexibility index (Phi) is 9.64. The predicted molar refractivity (Wildman–Crippen MR) is 198 cm³/mol. The SMILES string of the molecule is O=C(Nc1ccc(S(=O)(=O)Nc2ccc3cccc(S(=O)(=O)O)c3c2O)cc1)Nc1ccc(S(=O)(=O)Nc2ccc3cccc(S(=O)(=O)O)c3c2O)cc1. The molecule has 6 aromatic rings. The molecule has 17 nitrogen and oxygen atoms in total. The van der Waals surface area contributed by atoms with Crippen molar-refractivity contribution in [3.8, 4) is 11.5 Å². The zero-order chi connectivity index (χ0) is 39.2. The van der Waals surface area contributed by atoms with E-state index in [9.17, 15) is 57.8 Å². The second-order valence-electron chi connectivity index (χ2n) is 11.4. The predicted octanol–water partition coefficient (Wildman–Crippen LogP) is 5.14. The van der Waals surface area contributed by atoms with Crippen LogP contribution in [-0.2, 0) is 40.3 Å². The summed E-state index contributed by atoms with van der Waals surface area (Å²) in [6, 6.07) is 21.6. The molecule has 0 aliphatic heterocycles. The Morgan fingerprint density at radius 1 is 0.463 bits per heavy atom. The molecule has 6 aromatic carbocycles. The number of carbonyl (C=O) groups is 1. The van der Waals surface area contributed by atoms with E-state index in [1.165, 1.54) is 72.8 Å². The van der Waals surface area contributed by atoms with E-state index in [1.54, 1.807) is 0 Å². The molecule has 2 amide bonds. The number of sulfonamides is 2. The summed E-state index contributed by atoms with van der Waals surface area (Å²) in [6.07, 6.45) is 0. The molecule has 0 radical (unpaired) electrons. The summed E-state index contributed by atoms with van der Waals surface area (Å²) in [4.78, 5) is 10.8. The highest BCUT2D eigenvalue weighted by molar-refractivity contribution is 7.93. The number of hydrogen-bond acceptors (Lipinski definition) is 11. The fourth-order valence-electron chi connectivity index (χ4n) is 5.38. The van der Waals surface area contributed by atoms with Crippen LogP contribution in [0.1, 0.15) is 0 Å². The molecule has 0 saturated heterocycles. The first-order chi connectivity index (χ1) is 25.2. The molecule has 0 aliphatic carbocycles. The quantitative estimate of drug-likeness (QED) is 0.0657. The van der Waals surface area contributed by atoms with Crippen molar-refractivity contribution in [2.45, 2.75) is 19.6 Å². The van der Waals surface area contributed by atoms with E-state index in [0.29, 0.717) is 0 Å². The normalized spacial score (nSPS) is 12.3. The Morgan fingerprint density at radius 3 is 1.15 bits per heavy atom. The van der Waals surface area contributed by atoms with E-state index in [1.807, 2.05) is 0 Å². The van der Waals surface area contributed by atoms with Crippen molar-refractivity contribution in [3.63, 3.8) is 0 Å². The van der Waals surface area contributed by atoms with Crippen LogP contribution in [0.4, 0.5) is 27.5 Å². The molecule has 0 fully saturated rings. The summed E-state index contributed by atoms with van der Waals surface area (Å²) in [5.41, 5.74) is -0.436. The molecule has 0 unspecified atom stereocenters. The van der Waals surface area contributed by atoms with Gasteiger partial charge in [0.1, 0.15) is 21.3 Å². The van der Waals surface area contributed by atoms with Crippen LogP contribution in [-0.4, -0.2) is 59.0 Å². The van der Waals surface area contributed by atoms with Gasteiger partial charge in [-0.15, -0.1) is 0 Å². The molecular formula is C33H26N4O13S4. The maximum absolute atomic E-state index is 13.1. The third-order valence-corrected chi connectivity index (χ3v) is 12.4. The van der Waals surface area contributed by atoms with Crippen LogP contribution < -0.4 is 20.1 Å². The molecule has 280 valence electrons. The third kappa shape index (κ3) is 7.71. The second kappa shape index (κ2) is 13.8. The van der Waals surface area contributed by atoms with Crippen LogP contribution in [0.5, 0.6) is 11.5 Å². The molecule has 8 N–H and O–H groups in total. The Morgan fingerprint density at radius 2 is 0.815 bits per heavy atom. The van der Waals surface area contributed by atoms with Crippen LogP contribution in [0.2, 0.25) is 0 Å². The zero-order valence-corrected chi connectivity index (χ0v) is 30.3. The van der Waals surface area contributed by atoms with Gasteiger partial charge in [0, 0.05) is 22.1 Å². The number of phenolic OH excluding ortho intramolecular Hbond substituents is 2. The number of fused-ring (bicyclic) bond motifs is 2. The van der Waals surface area contributed by atoms with E-state index >= 15 is 0 Å². The topological polar surface area (TPSA) is 283 Å². The highest BCUT2D eigenvalue weighted by atomic mass is 32.2. The van der Waals surface area contributed by atoms with Crippen LogP contribution in [0, 0.1) is 0 Å². The number of aromatic hydroxyl groups is 2. The molecule has 54 heavy (non-hydrogen) atoms. The van der Waals surface area contributed by atoms with Gasteiger partial charge in [-0.2, -0.15) is 16.8 Å². The summed E-state index contributed by atoms with van der Waals surface area (Å²) in [5.74, 6) is -1.47. The molecule has 0 atom stereocenters. The van der Waals surface area contributed by atoms with Crippen molar-refractivity contribution < 1.29 is 57.8 Å². The lowest BCUT2D eigenvalue weighted by atomic mass is 10.1. The lowest BCUT2D eigenvalue weighted by Crippen LogP contribution is -2.20. The molecule has 0 spiro atoms. The number of amides is 2. The van der Waals surface area contributed by atoms with E-state index in [2.05, 4.69) is 20.1 Å². The highest BCUT2D eigenvalue weighted by Gasteiger charge is 2.24. The van der Waals surface area contributed by atoms with E-state index < -0.39 is 67.6 Å². The monoisotopic (exact) mass is 814 g/mol. The summed E-state index contributed by atoms with van der Waals surface area (Å²) < 4.78 is 123. The zero-order valence-electron chi connectivity index (χ0n) is 27.0. The van der Waals surface area contributed by atoms with Crippen LogP contribution in [0.15, 0.2) is 129 Å². The molecule has 6 rings (SSSR count). The molecule has 0 saturated carbocycles. The van der Waals surface area contributed by atoms with Crippen molar-refractivity contribution in [1.82, 2.24) is 0 Å². The maximum atomic E-state index is 13.1. The molecule has 0 bridgehead atoms. The lowest BCUT2D eigenvalue weighted by Gasteiger charge is -2.14. The Balaban J connectivity index is 1.11. The van der Waals surface area contributed by atoms with Crippen LogP contribution in [0.25, 0.3) is 21.5 Å². The van der Waals surface area contributed by atoms with Crippen LogP contribution >= 0.6 is 0 Å². The van der Waals surface area contributed by atoms with Gasteiger partial charge in [-0.25, -0.2) is 21.6 Å². The van der Waals surface area contributed by atoms with Gasteiger partial charge < -0.3 is 20.8 Å². The Bertz CT molecular complexity index is 2740. The average Bonchev–Trinajstić information content (AvgIpc) is 3.10. The standard InChI is InChI=1S/C33H26N4O13S4/c38-31-25(17-7-19-3-1-5-27(29(19)31)53(45,46)47)36-51(41,42)23-13-9-21(10-14-23)34-33(40)35-22-11-15-24(16-12-22)52(43,44)37-26-18-8-20-4-2-6-28(54(48,49)50)30(20)32(26)39/h1-18,36-39H,(H2,34,35,40)(H,45,46,47)(H,48,49,50). The first kappa shape index (κ1) is 37.8. The maximum Gasteiger partial charge on any atom is 0.323 e. The van der Waals surface area contributed by atoms with Crippen molar-refractivity contribution in [3.05, 3.63) is 109 Å². The fraction of sp³-hybridized carbons (Fsp3) is 0. The minimum atomic E-state index is -4.76. The van der Waals surface area contributed by atoms with Crippen molar-refractivity contribution >= 4 is 90.6 Å². The van der Waals surface area contributed by atoms with Gasteiger partial charge in [-0.05, 0) is 83.6 Å². The lowest BCUT2D eigenvalue weighted by molar-refractivity contribution is 0.262. The van der Waals surface area contributed by atoms with Gasteiger partial charge in [0.15, 0.2) is 0 Å². The van der Waals surface area contributed by atoms with E-state index in [4.69, 9.17) is 0 Å². The molecular weight excluding hydrogens is 789 g/mol. The number of rotatable bonds is 10. The third-order valence-electron chi connectivity index (χ3n) is 7.85. The molecule has 0 aromatic heterocycles. The number of anilines is 4. The Hall–Kier alpha value is -5.97. The second-order valence-corrected chi connectivity index (χ2v) is 17.6. The number of nitrogens with one attached hydrogen (secondary N) is 4. The van der Waals surface area contributed by atoms with E-state index in [-0.39, 0.29) is 54.1 Å². The Labute approximate surface area is 307 Å². The van der Waals surface area contributed by atoms with Crippen molar-refractivity contribution in [2.75, 3.05) is 20.1 Å². The van der Waals surface area contributed by atoms with Gasteiger partial charge in [-0.1, -0.05) is 36.4 Å². The number of hydrogen-bond donors (Lipinski definition) is 8. The number of urea groups is 1. The summed E-state index contributed by atoms with van der Waals surface area (Å²) in [6.45, 7) is 0. The minimum Gasteiger partial charge on any atom is -0.505 e. The summed E-state index contributed by atoms with van der Waals surface area (Å²) in [7, 11) is -18.2. The largest absolute Gasteiger partial charge is 0.505 e. The van der Waals surface area contributed by atoms with Crippen molar-refractivity contribution in [1.29, 1.82) is 0 Å². The first-order valence-electron chi connectivity index (χ1n) is 15.0. The molecule has 0 aliphatic rings. The van der Waals surface area contributed by atoms with Gasteiger partial charge in [0.05, 0.1) is 21.2 Å². The summed E-state index contributed by atoms with van der Waals surface area (Å²) >= 11 is 0. The van der Waals surface area contributed by atoms with E-state index in [0.717, 1.165) is 36.4 Å². The number of carbonyl (C=O) groups excluding carboxylic acids is 1. The molecule has 0 heterocycles.